The van der Waals surface area contributed by atoms with Gasteiger partial charge in [-0.1, -0.05) is 0 Å². The van der Waals surface area contributed by atoms with Crippen molar-refractivity contribution in [3.8, 4) is 0 Å². The number of rotatable bonds is 5. The van der Waals surface area contributed by atoms with Gasteiger partial charge in [0.15, 0.2) is 6.61 Å². The van der Waals surface area contributed by atoms with Crippen LogP contribution in [0.1, 0.15) is 44.0 Å². The third-order valence-corrected chi connectivity index (χ3v) is 4.11. The summed E-state index contributed by atoms with van der Waals surface area (Å²) in [5.41, 5.74) is 0.00393. The molecule has 0 atom stereocenters. The molecule has 6 nitrogen and oxygen atoms in total. The van der Waals surface area contributed by atoms with Crippen LogP contribution in [-0.2, 0) is 4.74 Å². The number of aromatic nitrogens is 1. The monoisotopic (exact) mass is 362 g/mol. The lowest BCUT2D eigenvalue weighted by atomic mass is 10.2. The maximum absolute atomic E-state index is 13.5. The molecule has 2 aromatic rings. The van der Waals surface area contributed by atoms with E-state index in [1.807, 2.05) is 0 Å². The first-order valence-corrected chi connectivity index (χ1v) is 8.09. The van der Waals surface area contributed by atoms with Gasteiger partial charge in [0.2, 0.25) is 5.78 Å². The fourth-order valence-corrected chi connectivity index (χ4v) is 2.72. The van der Waals surface area contributed by atoms with Gasteiger partial charge in [0, 0.05) is 30.9 Å². The van der Waals surface area contributed by atoms with Gasteiger partial charge in [0.05, 0.1) is 5.56 Å². The van der Waals surface area contributed by atoms with Crippen LogP contribution in [-0.4, -0.2) is 47.2 Å². The Morgan fingerprint density at radius 1 is 1.12 bits per heavy atom. The minimum atomic E-state index is -1.07. The molecule has 1 aliphatic rings. The molecule has 0 aliphatic carbocycles. The van der Waals surface area contributed by atoms with E-state index in [1.165, 1.54) is 12.3 Å². The number of hydrogen-bond donors (Lipinski definition) is 1. The number of carbonyl (C=O) groups excluding carboxylic acids is 3. The molecule has 1 aliphatic heterocycles. The van der Waals surface area contributed by atoms with E-state index in [4.69, 9.17) is 4.74 Å². The Hall–Kier alpha value is -3.03. The van der Waals surface area contributed by atoms with Crippen LogP contribution in [0.25, 0.3) is 0 Å². The average molecular weight is 362 g/mol. The molecule has 8 heteroatoms. The molecule has 1 N–H and O–H groups in total. The van der Waals surface area contributed by atoms with E-state index in [9.17, 15) is 23.2 Å². The summed E-state index contributed by atoms with van der Waals surface area (Å²) in [7, 11) is 0. The average Bonchev–Trinajstić information content (AvgIpc) is 3.30. The molecule has 0 spiro atoms. The summed E-state index contributed by atoms with van der Waals surface area (Å²) >= 11 is 0. The molecule has 1 amide bonds. The summed E-state index contributed by atoms with van der Waals surface area (Å²) in [6.07, 6.45) is 3.26. The number of ether oxygens (including phenoxy) is 1. The van der Waals surface area contributed by atoms with Crippen LogP contribution in [0.3, 0.4) is 0 Å². The molecule has 3 rings (SSSR count). The first-order chi connectivity index (χ1) is 12.5. The maximum atomic E-state index is 13.5. The maximum Gasteiger partial charge on any atom is 0.341 e. The second-order valence-electron chi connectivity index (χ2n) is 5.92. The Morgan fingerprint density at radius 2 is 1.85 bits per heavy atom. The van der Waals surface area contributed by atoms with Crippen LogP contribution in [0, 0.1) is 11.6 Å². The zero-order chi connectivity index (χ0) is 18.7. The predicted molar refractivity (Wildman–Crippen MR) is 86.9 cm³/mol. The molecular weight excluding hydrogens is 346 g/mol. The number of hydrogen-bond acceptors (Lipinski definition) is 4. The largest absolute Gasteiger partial charge is 0.454 e. The summed E-state index contributed by atoms with van der Waals surface area (Å²) in [6, 6.07) is 3.82. The van der Waals surface area contributed by atoms with E-state index >= 15 is 0 Å². The smallest absolute Gasteiger partial charge is 0.341 e. The van der Waals surface area contributed by atoms with Crippen LogP contribution in [0.4, 0.5) is 8.78 Å². The van der Waals surface area contributed by atoms with E-state index in [-0.39, 0.29) is 17.2 Å². The number of carbonyl (C=O) groups is 3. The van der Waals surface area contributed by atoms with Crippen molar-refractivity contribution in [3.05, 3.63) is 58.9 Å². The van der Waals surface area contributed by atoms with E-state index in [0.717, 1.165) is 25.0 Å². The van der Waals surface area contributed by atoms with Crippen molar-refractivity contribution in [3.63, 3.8) is 0 Å². The zero-order valence-corrected chi connectivity index (χ0v) is 13.8. The second kappa shape index (κ2) is 7.47. The molecule has 0 unspecified atom stereocenters. The minimum Gasteiger partial charge on any atom is -0.454 e. The van der Waals surface area contributed by atoms with Crippen LogP contribution < -0.4 is 0 Å². The first kappa shape index (κ1) is 17.8. The molecule has 0 radical (unpaired) electrons. The molecule has 1 aromatic carbocycles. The lowest BCUT2D eigenvalue weighted by molar-refractivity contribution is 0.0470. The fourth-order valence-electron chi connectivity index (χ4n) is 2.72. The summed E-state index contributed by atoms with van der Waals surface area (Å²) in [4.78, 5) is 40.6. The number of benzene rings is 1. The van der Waals surface area contributed by atoms with Gasteiger partial charge in [0.25, 0.3) is 5.91 Å². The highest BCUT2D eigenvalue weighted by Crippen LogP contribution is 2.14. The molecule has 0 saturated carbocycles. The Morgan fingerprint density at radius 3 is 2.54 bits per heavy atom. The molecule has 1 fully saturated rings. The highest BCUT2D eigenvalue weighted by molar-refractivity contribution is 6.02. The number of esters is 1. The van der Waals surface area contributed by atoms with Gasteiger partial charge >= 0.3 is 5.97 Å². The van der Waals surface area contributed by atoms with Crippen LogP contribution in [0.5, 0.6) is 0 Å². The van der Waals surface area contributed by atoms with Crippen molar-refractivity contribution >= 4 is 17.7 Å². The molecule has 136 valence electrons. The summed E-state index contributed by atoms with van der Waals surface area (Å²) in [6.45, 7) is 0.745. The van der Waals surface area contributed by atoms with E-state index in [1.54, 1.807) is 4.90 Å². The third-order valence-electron chi connectivity index (χ3n) is 4.11. The number of Topliss-reactive ketones (excluding diaryl/α,β-unsaturated/α-hetero) is 1. The Bertz CT molecular complexity index is 857. The SMILES string of the molecule is O=C(COC(=O)c1ccc(F)cc1F)c1c[nH]c(C(=O)N2CCCC2)c1. The number of amides is 1. The van der Waals surface area contributed by atoms with Gasteiger partial charge in [0.1, 0.15) is 17.3 Å². The fraction of sp³-hybridized carbons (Fsp3) is 0.278. The number of halogens is 2. The molecule has 1 aromatic heterocycles. The Labute approximate surface area is 147 Å². The van der Waals surface area contributed by atoms with Gasteiger partial charge in [-0.3, -0.25) is 9.59 Å². The quantitative estimate of drug-likeness (QED) is 0.655. The molecule has 0 bridgehead atoms. The molecule has 2 heterocycles. The summed E-state index contributed by atoms with van der Waals surface area (Å²) in [5.74, 6) is -3.69. The van der Waals surface area contributed by atoms with Crippen LogP contribution in [0.15, 0.2) is 30.5 Å². The topological polar surface area (TPSA) is 79.5 Å². The minimum absolute atomic E-state index is 0.180. The lowest BCUT2D eigenvalue weighted by Crippen LogP contribution is -2.27. The van der Waals surface area contributed by atoms with Gasteiger partial charge in [-0.2, -0.15) is 0 Å². The second-order valence-corrected chi connectivity index (χ2v) is 5.92. The number of nitrogens with zero attached hydrogens (tertiary/aromatic N) is 1. The zero-order valence-electron chi connectivity index (χ0n) is 13.8. The number of H-pyrrole nitrogens is 1. The van der Waals surface area contributed by atoms with Gasteiger partial charge in [-0.05, 0) is 31.0 Å². The summed E-state index contributed by atoms with van der Waals surface area (Å²) in [5, 5.41) is 0. The van der Waals surface area contributed by atoms with Crippen molar-refractivity contribution in [1.82, 2.24) is 9.88 Å². The van der Waals surface area contributed by atoms with Crippen molar-refractivity contribution in [2.24, 2.45) is 0 Å². The lowest BCUT2D eigenvalue weighted by Gasteiger charge is -2.13. The number of likely N-dealkylation sites (tertiary alicyclic amines) is 1. The Kier molecular flexibility index (Phi) is 5.11. The number of aromatic amines is 1. The van der Waals surface area contributed by atoms with Crippen LogP contribution in [0.2, 0.25) is 0 Å². The highest BCUT2D eigenvalue weighted by Gasteiger charge is 2.22. The van der Waals surface area contributed by atoms with Gasteiger partial charge < -0.3 is 14.6 Å². The van der Waals surface area contributed by atoms with Gasteiger partial charge in [-0.25, -0.2) is 13.6 Å². The first-order valence-electron chi connectivity index (χ1n) is 8.09. The number of ketones is 1. The van der Waals surface area contributed by atoms with Crippen LogP contribution >= 0.6 is 0 Å². The van der Waals surface area contributed by atoms with Crippen molar-refractivity contribution < 1.29 is 27.9 Å². The highest BCUT2D eigenvalue weighted by atomic mass is 19.1. The predicted octanol–water partition coefficient (Wildman–Crippen LogP) is 2.57. The normalized spacial score (nSPS) is 13.7. The summed E-state index contributed by atoms with van der Waals surface area (Å²) < 4.78 is 31.1. The van der Waals surface area contributed by atoms with Gasteiger partial charge in [-0.15, -0.1) is 0 Å². The molecule has 1 saturated heterocycles. The van der Waals surface area contributed by atoms with Crippen molar-refractivity contribution in [1.29, 1.82) is 0 Å². The van der Waals surface area contributed by atoms with E-state index < -0.39 is 35.6 Å². The standard InChI is InChI=1S/C18H16F2N2O4/c19-12-3-4-13(14(20)8-12)18(25)26-10-16(23)11-7-15(21-9-11)17(24)22-5-1-2-6-22/h3-4,7-9,21H,1-2,5-6,10H2. The number of nitrogens with one attached hydrogen (secondary N) is 1. The third kappa shape index (κ3) is 3.79. The molecular formula is C18H16F2N2O4. The Balaban J connectivity index is 1.60. The van der Waals surface area contributed by atoms with E-state index in [2.05, 4.69) is 4.98 Å². The van der Waals surface area contributed by atoms with E-state index in [0.29, 0.717) is 19.2 Å². The van der Waals surface area contributed by atoms with Crippen molar-refractivity contribution in [2.45, 2.75) is 12.8 Å². The van der Waals surface area contributed by atoms with Crippen molar-refractivity contribution in [2.75, 3.05) is 19.7 Å². The molecule has 26 heavy (non-hydrogen) atoms.